The second-order valence-corrected chi connectivity index (χ2v) is 7.64. The van der Waals surface area contributed by atoms with Crippen LogP contribution in [0.4, 0.5) is 0 Å². The molecular weight excluding hydrogens is 278 g/mol. The van der Waals surface area contributed by atoms with Gasteiger partial charge in [0.05, 0.1) is 0 Å². The fraction of sp³-hybridized carbons (Fsp3) is 0.727. The molecule has 23 heavy (non-hydrogen) atoms. The summed E-state index contributed by atoms with van der Waals surface area (Å²) in [6.07, 6.45) is 18.1. The molecule has 0 amide bonds. The van der Waals surface area contributed by atoms with Gasteiger partial charge >= 0.3 is 0 Å². The van der Waals surface area contributed by atoms with E-state index in [1.54, 1.807) is 0 Å². The van der Waals surface area contributed by atoms with Crippen molar-refractivity contribution in [2.24, 2.45) is 5.41 Å². The Hall–Kier alpha value is -0.980. The predicted molar refractivity (Wildman–Crippen MR) is 105 cm³/mol. The van der Waals surface area contributed by atoms with Crippen LogP contribution in [0.3, 0.4) is 0 Å². The molecule has 1 nitrogen and oxygen atoms in total. The van der Waals surface area contributed by atoms with E-state index in [4.69, 9.17) is 0 Å². The predicted octanol–water partition coefficient (Wildman–Crippen LogP) is 6.92. The summed E-state index contributed by atoms with van der Waals surface area (Å²) in [7, 11) is 0. The quantitative estimate of drug-likeness (QED) is 0.436. The van der Waals surface area contributed by atoms with E-state index >= 15 is 0 Å². The molecule has 2 atom stereocenters. The number of nitrogens with one attached hydrogen (secondary N) is 1. The number of allylic oxidation sites excluding steroid dienone is 5. The second-order valence-electron chi connectivity index (χ2n) is 7.64. The van der Waals surface area contributed by atoms with Gasteiger partial charge in [-0.3, -0.25) is 0 Å². The van der Waals surface area contributed by atoms with Crippen molar-refractivity contribution in [1.82, 2.24) is 5.32 Å². The summed E-state index contributed by atoms with van der Waals surface area (Å²) >= 11 is 0. The average Bonchev–Trinajstić information content (AvgIpc) is 2.58. The molecule has 132 valence electrons. The van der Waals surface area contributed by atoms with Crippen LogP contribution in [0.2, 0.25) is 0 Å². The van der Waals surface area contributed by atoms with Crippen molar-refractivity contribution in [3.05, 3.63) is 36.1 Å². The normalized spacial score (nSPS) is 23.3. The molecule has 0 fully saturated rings. The van der Waals surface area contributed by atoms with Crippen molar-refractivity contribution in [3.8, 4) is 0 Å². The maximum atomic E-state index is 4.20. The van der Waals surface area contributed by atoms with Crippen LogP contribution in [0.5, 0.6) is 0 Å². The summed E-state index contributed by atoms with van der Waals surface area (Å²) < 4.78 is 0. The summed E-state index contributed by atoms with van der Waals surface area (Å²) in [6, 6.07) is 0. The minimum atomic E-state index is 0.225. The fourth-order valence-corrected chi connectivity index (χ4v) is 3.31. The molecule has 1 rings (SSSR count). The Balaban J connectivity index is 2.70. The number of unbranched alkanes of at least 4 members (excludes halogenated alkanes) is 1. The molecule has 1 heteroatoms. The highest BCUT2D eigenvalue weighted by Crippen LogP contribution is 2.35. The van der Waals surface area contributed by atoms with Gasteiger partial charge in [0.15, 0.2) is 0 Å². The van der Waals surface area contributed by atoms with Gasteiger partial charge in [0, 0.05) is 11.2 Å². The molecule has 0 aliphatic heterocycles. The second kappa shape index (κ2) is 9.35. The fourth-order valence-electron chi connectivity index (χ4n) is 3.31. The first kappa shape index (κ1) is 20.1. The van der Waals surface area contributed by atoms with Crippen molar-refractivity contribution in [1.29, 1.82) is 0 Å². The molecule has 1 aliphatic carbocycles. The molecule has 0 aromatic heterocycles. The maximum absolute atomic E-state index is 4.20. The number of hydrogen-bond acceptors (Lipinski definition) is 1. The van der Waals surface area contributed by atoms with E-state index in [1.165, 1.54) is 62.6 Å². The number of hydrogen-bond donors (Lipinski definition) is 1. The van der Waals surface area contributed by atoms with Gasteiger partial charge in [0.2, 0.25) is 0 Å². The summed E-state index contributed by atoms with van der Waals surface area (Å²) in [6.45, 7) is 15.6. The third-order valence-electron chi connectivity index (χ3n) is 5.78. The van der Waals surface area contributed by atoms with E-state index < -0.39 is 0 Å². The van der Waals surface area contributed by atoms with Crippen molar-refractivity contribution < 1.29 is 0 Å². The van der Waals surface area contributed by atoms with Crippen LogP contribution in [-0.2, 0) is 0 Å². The van der Waals surface area contributed by atoms with Crippen LogP contribution in [0.15, 0.2) is 36.1 Å². The molecule has 0 saturated heterocycles. The molecule has 1 aliphatic rings. The van der Waals surface area contributed by atoms with Crippen LogP contribution in [0.25, 0.3) is 0 Å². The van der Waals surface area contributed by atoms with Gasteiger partial charge in [-0.25, -0.2) is 0 Å². The van der Waals surface area contributed by atoms with Gasteiger partial charge in [-0.05, 0) is 50.4 Å². The largest absolute Gasteiger partial charge is 0.383 e. The van der Waals surface area contributed by atoms with E-state index in [9.17, 15) is 0 Å². The van der Waals surface area contributed by atoms with Gasteiger partial charge in [-0.15, -0.1) is 0 Å². The zero-order valence-corrected chi connectivity index (χ0v) is 16.3. The maximum Gasteiger partial charge on any atom is 0.0371 e. The molecule has 0 saturated carbocycles. The molecule has 0 aromatic carbocycles. The monoisotopic (exact) mass is 317 g/mol. The van der Waals surface area contributed by atoms with Gasteiger partial charge in [0.1, 0.15) is 0 Å². The lowest BCUT2D eigenvalue weighted by Crippen LogP contribution is -2.44. The Morgan fingerprint density at radius 3 is 2.48 bits per heavy atom. The lowest BCUT2D eigenvalue weighted by molar-refractivity contribution is 0.283. The van der Waals surface area contributed by atoms with Crippen molar-refractivity contribution in [3.63, 3.8) is 0 Å². The third-order valence-corrected chi connectivity index (χ3v) is 5.78. The smallest absolute Gasteiger partial charge is 0.0371 e. The summed E-state index contributed by atoms with van der Waals surface area (Å²) in [5, 5.41) is 3.79. The summed E-state index contributed by atoms with van der Waals surface area (Å²) in [5.74, 6) is 0. The molecule has 0 radical (unpaired) electrons. The molecule has 0 aromatic rings. The standard InChI is InChI=1S/C22H39N/c1-7-11-15-22(10-4,23-19(5)8-2)18-14-20-12-16-21(6,9-3)17-13-20/h12-13,16,23H,5,7-11,14-15,17-18H2,1-4,6H3. The zero-order valence-electron chi connectivity index (χ0n) is 16.3. The van der Waals surface area contributed by atoms with Crippen LogP contribution >= 0.6 is 0 Å². The lowest BCUT2D eigenvalue weighted by atomic mass is 9.78. The Bertz CT molecular complexity index is 431. The van der Waals surface area contributed by atoms with Gasteiger partial charge in [-0.2, -0.15) is 0 Å². The highest BCUT2D eigenvalue weighted by Gasteiger charge is 2.28. The van der Waals surface area contributed by atoms with Crippen LogP contribution < -0.4 is 5.32 Å². The number of rotatable bonds is 11. The van der Waals surface area contributed by atoms with E-state index in [0.717, 1.165) is 6.42 Å². The van der Waals surface area contributed by atoms with E-state index in [-0.39, 0.29) is 5.54 Å². The Morgan fingerprint density at radius 1 is 1.26 bits per heavy atom. The van der Waals surface area contributed by atoms with Crippen LogP contribution in [-0.4, -0.2) is 5.54 Å². The molecule has 2 unspecified atom stereocenters. The minimum absolute atomic E-state index is 0.225. The molecule has 0 heterocycles. The van der Waals surface area contributed by atoms with Gasteiger partial charge in [-0.1, -0.05) is 77.8 Å². The van der Waals surface area contributed by atoms with Crippen molar-refractivity contribution >= 4 is 0 Å². The Morgan fingerprint density at radius 2 is 2.00 bits per heavy atom. The Labute approximate surface area is 145 Å². The first-order valence-corrected chi connectivity index (χ1v) is 9.76. The Kier molecular flexibility index (Phi) is 8.16. The van der Waals surface area contributed by atoms with Crippen molar-refractivity contribution in [2.75, 3.05) is 0 Å². The molecule has 0 spiro atoms. The first-order valence-electron chi connectivity index (χ1n) is 9.76. The summed E-state index contributed by atoms with van der Waals surface area (Å²) in [4.78, 5) is 0. The van der Waals surface area contributed by atoms with Crippen LogP contribution in [0, 0.1) is 5.41 Å². The SMILES string of the molecule is C=C(CC)NC(CC)(CCCC)CCC1=CCC(C)(CC)C=C1. The molecule has 1 N–H and O–H groups in total. The highest BCUT2D eigenvalue weighted by molar-refractivity contribution is 5.26. The van der Waals surface area contributed by atoms with Gasteiger partial charge in [0.25, 0.3) is 0 Å². The van der Waals surface area contributed by atoms with E-state index in [2.05, 4.69) is 64.7 Å². The van der Waals surface area contributed by atoms with Crippen molar-refractivity contribution in [2.45, 2.75) is 97.9 Å². The van der Waals surface area contributed by atoms with E-state index in [0.29, 0.717) is 5.41 Å². The topological polar surface area (TPSA) is 12.0 Å². The average molecular weight is 318 g/mol. The first-order chi connectivity index (χ1) is 10.9. The minimum Gasteiger partial charge on any atom is -0.383 e. The molecule has 0 bridgehead atoms. The lowest BCUT2D eigenvalue weighted by Gasteiger charge is -2.37. The van der Waals surface area contributed by atoms with Crippen LogP contribution in [0.1, 0.15) is 92.4 Å². The highest BCUT2D eigenvalue weighted by atomic mass is 15.0. The van der Waals surface area contributed by atoms with E-state index in [1.807, 2.05) is 0 Å². The van der Waals surface area contributed by atoms with Gasteiger partial charge < -0.3 is 5.32 Å². The third kappa shape index (κ3) is 6.20. The molecular formula is C22H39N. The summed E-state index contributed by atoms with van der Waals surface area (Å²) in [5.41, 5.74) is 3.31. The zero-order chi connectivity index (χ0) is 17.3.